The number of hydrogen-bond donors (Lipinski definition) is 2. The molecule has 1 aliphatic carbocycles. The SMILES string of the molecule is CSC1(CNC(=O)c2ccc(C#CCN)s2)CCC1. The number of amides is 1. The summed E-state index contributed by atoms with van der Waals surface area (Å²) in [5.74, 6) is 5.74. The van der Waals surface area contributed by atoms with Gasteiger partial charge in [0.1, 0.15) is 0 Å². The molecule has 0 unspecified atom stereocenters. The lowest BCUT2D eigenvalue weighted by atomic mass is 9.84. The first-order valence-corrected chi connectivity index (χ1v) is 8.35. The third kappa shape index (κ3) is 3.53. The Labute approximate surface area is 122 Å². The molecule has 5 heteroatoms. The summed E-state index contributed by atoms with van der Waals surface area (Å²) < 4.78 is 0.273. The Morgan fingerprint density at radius 2 is 2.37 bits per heavy atom. The molecule has 1 aliphatic rings. The summed E-state index contributed by atoms with van der Waals surface area (Å²) in [5, 5.41) is 3.04. The van der Waals surface area contributed by atoms with Gasteiger partial charge in [0.15, 0.2) is 0 Å². The van der Waals surface area contributed by atoms with Crippen LogP contribution < -0.4 is 11.1 Å². The summed E-state index contributed by atoms with van der Waals surface area (Å²) in [7, 11) is 0. The fourth-order valence-electron chi connectivity index (χ4n) is 2.02. The van der Waals surface area contributed by atoms with E-state index < -0.39 is 0 Å². The predicted molar refractivity (Wildman–Crippen MR) is 82.7 cm³/mol. The van der Waals surface area contributed by atoms with Gasteiger partial charge in [-0.15, -0.1) is 11.3 Å². The zero-order valence-corrected chi connectivity index (χ0v) is 12.6. The summed E-state index contributed by atoms with van der Waals surface area (Å²) in [5.41, 5.74) is 5.32. The van der Waals surface area contributed by atoms with E-state index in [1.165, 1.54) is 30.6 Å². The van der Waals surface area contributed by atoms with Crippen LogP contribution in [0.3, 0.4) is 0 Å². The molecule has 19 heavy (non-hydrogen) atoms. The Kier molecular flexibility index (Phi) is 4.92. The summed E-state index contributed by atoms with van der Waals surface area (Å²) in [6, 6.07) is 3.70. The van der Waals surface area contributed by atoms with Crippen LogP contribution in [0.1, 0.15) is 33.8 Å². The van der Waals surface area contributed by atoms with Crippen molar-refractivity contribution in [2.45, 2.75) is 24.0 Å². The second-order valence-electron chi connectivity index (χ2n) is 4.59. The molecule has 1 heterocycles. The minimum Gasteiger partial charge on any atom is -0.350 e. The highest BCUT2D eigenvalue weighted by Crippen LogP contribution is 2.42. The van der Waals surface area contributed by atoms with Crippen LogP contribution in [0.25, 0.3) is 0 Å². The molecule has 1 fully saturated rings. The molecule has 0 atom stereocenters. The lowest BCUT2D eigenvalue weighted by Gasteiger charge is -2.40. The van der Waals surface area contributed by atoms with Gasteiger partial charge in [0.2, 0.25) is 0 Å². The van der Waals surface area contributed by atoms with Crippen LogP contribution in [0, 0.1) is 11.8 Å². The molecule has 102 valence electrons. The van der Waals surface area contributed by atoms with E-state index in [-0.39, 0.29) is 10.7 Å². The topological polar surface area (TPSA) is 55.1 Å². The monoisotopic (exact) mass is 294 g/mol. The molecule has 1 saturated carbocycles. The van der Waals surface area contributed by atoms with Crippen LogP contribution in [0.4, 0.5) is 0 Å². The minimum absolute atomic E-state index is 0.00567. The van der Waals surface area contributed by atoms with E-state index in [9.17, 15) is 4.79 Å². The molecule has 1 amide bonds. The van der Waals surface area contributed by atoms with Gasteiger partial charge in [0, 0.05) is 11.3 Å². The standard InChI is InChI=1S/C14H18N2OS2/c1-18-14(7-3-8-14)10-16-13(17)12-6-5-11(19-12)4-2-9-15/h5-6H,3,7-10,15H2,1H3,(H,16,17). The van der Waals surface area contributed by atoms with Crippen LogP contribution in [0.15, 0.2) is 12.1 Å². The largest absolute Gasteiger partial charge is 0.350 e. The van der Waals surface area contributed by atoms with Crippen LogP contribution in [-0.4, -0.2) is 30.0 Å². The van der Waals surface area contributed by atoms with Crippen molar-refractivity contribution in [3.63, 3.8) is 0 Å². The quantitative estimate of drug-likeness (QED) is 0.836. The average molecular weight is 294 g/mol. The normalized spacial score (nSPS) is 16.1. The number of nitrogens with one attached hydrogen (secondary N) is 1. The highest BCUT2D eigenvalue weighted by Gasteiger charge is 2.36. The third-order valence-corrected chi connectivity index (χ3v) is 5.83. The molecule has 0 aromatic carbocycles. The molecule has 0 saturated heterocycles. The second kappa shape index (κ2) is 6.47. The number of thiophene rings is 1. The van der Waals surface area contributed by atoms with Crippen molar-refractivity contribution in [2.75, 3.05) is 19.3 Å². The highest BCUT2D eigenvalue weighted by atomic mass is 32.2. The van der Waals surface area contributed by atoms with Gasteiger partial charge in [-0.3, -0.25) is 4.79 Å². The van der Waals surface area contributed by atoms with Crippen LogP contribution in [0.5, 0.6) is 0 Å². The fraction of sp³-hybridized carbons (Fsp3) is 0.500. The number of thioether (sulfide) groups is 1. The molecule has 2 rings (SSSR count). The first kappa shape index (κ1) is 14.4. The summed E-state index contributed by atoms with van der Waals surface area (Å²) in [6.45, 7) is 1.10. The van der Waals surface area contributed by atoms with Crippen molar-refractivity contribution in [3.05, 3.63) is 21.9 Å². The molecule has 1 aromatic rings. The minimum atomic E-state index is 0.00567. The molecule has 0 bridgehead atoms. The maximum absolute atomic E-state index is 12.1. The molecular weight excluding hydrogens is 276 g/mol. The van der Waals surface area contributed by atoms with Crippen molar-refractivity contribution in [1.82, 2.24) is 5.32 Å². The van der Waals surface area contributed by atoms with Crippen LogP contribution >= 0.6 is 23.1 Å². The number of rotatable bonds is 4. The van der Waals surface area contributed by atoms with Crippen LogP contribution in [0.2, 0.25) is 0 Å². The van der Waals surface area contributed by atoms with E-state index in [1.54, 1.807) is 0 Å². The van der Waals surface area contributed by atoms with Gasteiger partial charge in [0.05, 0.1) is 16.3 Å². The summed E-state index contributed by atoms with van der Waals surface area (Å²) in [6.07, 6.45) is 5.80. The van der Waals surface area contributed by atoms with E-state index in [1.807, 2.05) is 23.9 Å². The Hall–Kier alpha value is -0.960. The number of carbonyl (C=O) groups excluding carboxylic acids is 1. The molecule has 0 aliphatic heterocycles. The Morgan fingerprint density at radius 3 is 2.95 bits per heavy atom. The van der Waals surface area contributed by atoms with Crippen molar-refractivity contribution in [1.29, 1.82) is 0 Å². The van der Waals surface area contributed by atoms with Crippen molar-refractivity contribution in [2.24, 2.45) is 5.73 Å². The van der Waals surface area contributed by atoms with Crippen molar-refractivity contribution >= 4 is 29.0 Å². The van der Waals surface area contributed by atoms with E-state index >= 15 is 0 Å². The van der Waals surface area contributed by atoms with Gasteiger partial charge >= 0.3 is 0 Å². The molecule has 0 spiro atoms. The molecule has 1 aromatic heterocycles. The van der Waals surface area contributed by atoms with E-state index in [4.69, 9.17) is 5.73 Å². The molecule has 3 N–H and O–H groups in total. The lowest BCUT2D eigenvalue weighted by Crippen LogP contribution is -2.45. The summed E-state index contributed by atoms with van der Waals surface area (Å²) >= 11 is 3.28. The molecule has 0 radical (unpaired) electrons. The third-order valence-electron chi connectivity index (χ3n) is 3.41. The maximum atomic E-state index is 12.1. The van der Waals surface area contributed by atoms with Crippen molar-refractivity contribution in [3.8, 4) is 11.8 Å². The lowest BCUT2D eigenvalue weighted by molar-refractivity contribution is 0.0948. The van der Waals surface area contributed by atoms with Gasteiger partial charge in [-0.25, -0.2) is 0 Å². The second-order valence-corrected chi connectivity index (χ2v) is 6.95. The fourth-order valence-corrected chi connectivity index (χ4v) is 3.73. The number of carbonyl (C=O) groups is 1. The zero-order valence-electron chi connectivity index (χ0n) is 11.0. The van der Waals surface area contributed by atoms with Gasteiger partial charge in [-0.2, -0.15) is 11.8 Å². The van der Waals surface area contributed by atoms with Crippen molar-refractivity contribution < 1.29 is 4.79 Å². The zero-order chi connectivity index (χ0) is 13.7. The predicted octanol–water partition coefficient (Wildman–Crippen LogP) is 2.07. The first-order chi connectivity index (χ1) is 9.19. The van der Waals surface area contributed by atoms with Gasteiger partial charge in [-0.1, -0.05) is 18.3 Å². The number of nitrogens with two attached hydrogens (primary N) is 1. The maximum Gasteiger partial charge on any atom is 0.261 e. The Bertz CT molecular complexity index is 503. The molecule has 3 nitrogen and oxygen atoms in total. The van der Waals surface area contributed by atoms with Gasteiger partial charge < -0.3 is 11.1 Å². The average Bonchev–Trinajstić information content (AvgIpc) is 2.84. The Morgan fingerprint density at radius 1 is 1.58 bits per heavy atom. The highest BCUT2D eigenvalue weighted by molar-refractivity contribution is 8.00. The first-order valence-electron chi connectivity index (χ1n) is 6.31. The van der Waals surface area contributed by atoms with Gasteiger partial charge in [0.25, 0.3) is 5.91 Å². The Balaban J connectivity index is 1.91. The van der Waals surface area contributed by atoms with Crippen LogP contribution in [-0.2, 0) is 0 Å². The van der Waals surface area contributed by atoms with E-state index in [0.717, 1.165) is 16.3 Å². The molecular formula is C14H18N2OS2. The summed E-state index contributed by atoms with van der Waals surface area (Å²) in [4.78, 5) is 13.7. The van der Waals surface area contributed by atoms with E-state index in [0.29, 0.717) is 6.54 Å². The van der Waals surface area contributed by atoms with Gasteiger partial charge in [-0.05, 0) is 31.2 Å². The van der Waals surface area contributed by atoms with E-state index in [2.05, 4.69) is 23.4 Å². The number of hydrogen-bond acceptors (Lipinski definition) is 4. The smallest absolute Gasteiger partial charge is 0.261 e.